The van der Waals surface area contributed by atoms with Crippen LogP contribution in [0.25, 0.3) is 0 Å². The van der Waals surface area contributed by atoms with Crippen LogP contribution in [0.15, 0.2) is 11.6 Å². The van der Waals surface area contributed by atoms with E-state index in [0.29, 0.717) is 31.3 Å². The number of aliphatic hydroxyl groups is 1. The van der Waals surface area contributed by atoms with Crippen molar-refractivity contribution in [1.29, 1.82) is 0 Å². The fraction of sp³-hybridized carbons (Fsp3) is 0.789. The molecule has 1 N–H and O–H groups in total. The van der Waals surface area contributed by atoms with Gasteiger partial charge in [-0.25, -0.2) is 0 Å². The van der Waals surface area contributed by atoms with E-state index < -0.39 is 47.4 Å². The summed E-state index contributed by atoms with van der Waals surface area (Å²) in [7, 11) is 0. The molecule has 3 fully saturated rings. The van der Waals surface area contributed by atoms with E-state index in [-0.39, 0.29) is 24.0 Å². The predicted molar refractivity (Wildman–Crippen MR) is 83.1 cm³/mol. The molecule has 3 heteroatoms. The van der Waals surface area contributed by atoms with Crippen LogP contribution in [0.5, 0.6) is 0 Å². The summed E-state index contributed by atoms with van der Waals surface area (Å²) in [5.41, 5.74) is -1.73. The van der Waals surface area contributed by atoms with E-state index >= 15 is 0 Å². The number of carbonyl (C=O) groups is 2. The summed E-state index contributed by atoms with van der Waals surface area (Å²) in [5, 5.41) is 11.1. The molecule has 0 aliphatic heterocycles. The maximum absolute atomic E-state index is 12.5. The molecule has 3 nitrogen and oxygen atoms in total. The van der Waals surface area contributed by atoms with E-state index in [2.05, 4.69) is 0 Å². The van der Waals surface area contributed by atoms with Gasteiger partial charge in [-0.1, -0.05) is 19.4 Å². The van der Waals surface area contributed by atoms with E-state index in [9.17, 15) is 14.7 Å². The standard InChI is InChI=1S/C19H26O3/c1-18-8-7-12(20)9-11(18)3-4-13-14-5-6-16(22)19(14,2)10-15(21)17(13)18/h9,13-15,17,21H,3-8,10H2,1-2H3/t13-,14-,15-,17+,18-,19-/m0/s1/i7D2,8D2,9D. The summed E-state index contributed by atoms with van der Waals surface area (Å²) in [5.74, 6) is -1.65. The molecule has 0 unspecified atom stereocenters. The second-order valence-corrected chi connectivity index (χ2v) is 7.87. The van der Waals surface area contributed by atoms with Gasteiger partial charge in [0, 0.05) is 23.7 Å². The lowest BCUT2D eigenvalue weighted by Gasteiger charge is -2.58. The van der Waals surface area contributed by atoms with Crippen LogP contribution in [0.3, 0.4) is 0 Å². The smallest absolute Gasteiger partial charge is 0.155 e. The molecule has 4 aliphatic carbocycles. The maximum Gasteiger partial charge on any atom is 0.155 e. The van der Waals surface area contributed by atoms with Gasteiger partial charge in [0.1, 0.15) is 5.78 Å². The quantitative estimate of drug-likeness (QED) is 0.748. The van der Waals surface area contributed by atoms with Crippen LogP contribution >= 0.6 is 0 Å². The molecule has 0 spiro atoms. The third-order valence-electron chi connectivity index (χ3n) is 6.88. The summed E-state index contributed by atoms with van der Waals surface area (Å²) >= 11 is 0. The summed E-state index contributed by atoms with van der Waals surface area (Å²) in [6.45, 7) is 3.48. The number of hydrogen-bond acceptors (Lipinski definition) is 3. The molecule has 0 amide bonds. The van der Waals surface area contributed by atoms with Crippen molar-refractivity contribution in [2.24, 2.45) is 28.6 Å². The SMILES string of the molecule is [2H]C1=C2CC[C@@H]3[C@H]([C@@H](O)C[C@]4(C)C(=O)CC[C@@H]34)[C@@]2(C)C([2H])([2H])C([2H])([2H])C1=O. The van der Waals surface area contributed by atoms with Crippen LogP contribution in [0.2, 0.25) is 0 Å². The Morgan fingerprint density at radius 2 is 2.05 bits per heavy atom. The van der Waals surface area contributed by atoms with Crippen molar-refractivity contribution in [3.05, 3.63) is 11.6 Å². The third-order valence-corrected chi connectivity index (χ3v) is 6.88. The zero-order chi connectivity index (χ0) is 20.2. The van der Waals surface area contributed by atoms with Crippen LogP contribution in [-0.2, 0) is 9.59 Å². The van der Waals surface area contributed by atoms with Gasteiger partial charge in [-0.05, 0) is 61.3 Å². The number of rotatable bonds is 0. The average molecular weight is 307 g/mol. The first kappa shape index (κ1) is 10.0. The van der Waals surface area contributed by atoms with Gasteiger partial charge >= 0.3 is 0 Å². The normalized spacial score (nSPS) is 59.3. The molecular formula is C19H26O3. The highest BCUT2D eigenvalue weighted by atomic mass is 16.3. The minimum atomic E-state index is -2.82. The van der Waals surface area contributed by atoms with Crippen molar-refractivity contribution in [3.63, 3.8) is 0 Å². The molecule has 120 valence electrons. The zero-order valence-electron chi connectivity index (χ0n) is 18.1. The van der Waals surface area contributed by atoms with Crippen LogP contribution in [0.4, 0.5) is 0 Å². The average Bonchev–Trinajstić information content (AvgIpc) is 2.87. The van der Waals surface area contributed by atoms with Gasteiger partial charge in [0.15, 0.2) is 5.78 Å². The maximum atomic E-state index is 12.5. The van der Waals surface area contributed by atoms with Crippen LogP contribution in [-0.4, -0.2) is 22.8 Å². The molecule has 0 aromatic rings. The Kier molecular flexibility index (Phi) is 2.06. The molecule has 4 rings (SSSR count). The second-order valence-electron chi connectivity index (χ2n) is 7.87. The predicted octanol–water partition coefficient (Wildman–Crippen LogP) is 3.06. The lowest BCUT2D eigenvalue weighted by atomic mass is 9.46. The molecule has 4 aliphatic rings. The zero-order valence-corrected chi connectivity index (χ0v) is 13.1. The largest absolute Gasteiger partial charge is 0.393 e. The van der Waals surface area contributed by atoms with Crippen molar-refractivity contribution in [3.8, 4) is 0 Å². The molecule has 22 heavy (non-hydrogen) atoms. The number of allylic oxidation sites excluding steroid dienone is 1. The first-order chi connectivity index (χ1) is 12.3. The fourth-order valence-corrected chi connectivity index (χ4v) is 5.82. The topological polar surface area (TPSA) is 54.4 Å². The minimum absolute atomic E-state index is 0.0326. The van der Waals surface area contributed by atoms with Crippen molar-refractivity contribution in [2.45, 2.75) is 64.8 Å². The van der Waals surface area contributed by atoms with E-state index in [1.807, 2.05) is 6.92 Å². The highest BCUT2D eigenvalue weighted by molar-refractivity contribution is 5.91. The van der Waals surface area contributed by atoms with Gasteiger partial charge in [0.2, 0.25) is 0 Å². The molecule has 6 atom stereocenters. The third kappa shape index (κ3) is 1.72. The van der Waals surface area contributed by atoms with Crippen LogP contribution < -0.4 is 0 Å². The van der Waals surface area contributed by atoms with E-state index in [0.717, 1.165) is 0 Å². The summed E-state index contributed by atoms with van der Waals surface area (Å²) in [4.78, 5) is 24.9. The van der Waals surface area contributed by atoms with Gasteiger partial charge in [-0.3, -0.25) is 9.59 Å². The molecule has 0 radical (unpaired) electrons. The molecule has 0 heterocycles. The van der Waals surface area contributed by atoms with Gasteiger partial charge in [-0.2, -0.15) is 0 Å². The Balaban J connectivity index is 1.91. The number of aliphatic hydroxyl groups excluding tert-OH is 1. The Bertz CT molecular complexity index is 775. The van der Waals surface area contributed by atoms with E-state index in [1.54, 1.807) is 6.92 Å². The van der Waals surface area contributed by atoms with Gasteiger partial charge < -0.3 is 5.11 Å². The van der Waals surface area contributed by atoms with Gasteiger partial charge in [0.25, 0.3) is 0 Å². The number of fused-ring (bicyclic) bond motifs is 5. The lowest BCUT2D eigenvalue weighted by Crippen LogP contribution is -2.56. The number of Topliss-reactive ketones (excluding diaryl/α,β-unsaturated/α-hetero) is 1. The first-order valence-corrected chi connectivity index (χ1v) is 8.28. The Morgan fingerprint density at radius 3 is 2.82 bits per heavy atom. The Hall–Kier alpha value is -0.960. The monoisotopic (exact) mass is 307 g/mol. The Morgan fingerprint density at radius 1 is 1.27 bits per heavy atom. The first-order valence-electron chi connectivity index (χ1n) is 10.8. The van der Waals surface area contributed by atoms with Crippen molar-refractivity contribution in [1.82, 2.24) is 0 Å². The van der Waals surface area contributed by atoms with Gasteiger partial charge in [-0.15, -0.1) is 0 Å². The number of carbonyl (C=O) groups excluding carboxylic acids is 2. The molecular weight excluding hydrogens is 276 g/mol. The minimum Gasteiger partial charge on any atom is -0.393 e. The molecule has 0 aromatic carbocycles. The summed E-state index contributed by atoms with van der Waals surface area (Å²) in [6, 6.07) is -0.431. The summed E-state index contributed by atoms with van der Waals surface area (Å²) in [6.07, 6.45) is -3.99. The van der Waals surface area contributed by atoms with Crippen molar-refractivity contribution >= 4 is 11.6 Å². The second kappa shape index (κ2) is 4.53. The van der Waals surface area contributed by atoms with Crippen LogP contribution in [0, 0.1) is 28.6 Å². The lowest BCUT2D eigenvalue weighted by molar-refractivity contribution is -0.147. The van der Waals surface area contributed by atoms with Crippen molar-refractivity contribution in [2.75, 3.05) is 0 Å². The number of hydrogen-bond donors (Lipinski definition) is 1. The molecule has 3 saturated carbocycles. The molecule has 0 aromatic heterocycles. The van der Waals surface area contributed by atoms with Crippen molar-refractivity contribution < 1.29 is 21.5 Å². The molecule has 0 bridgehead atoms. The highest BCUT2D eigenvalue weighted by Crippen LogP contribution is 2.64. The van der Waals surface area contributed by atoms with E-state index in [1.165, 1.54) is 0 Å². The Labute approximate surface area is 139 Å². The molecule has 0 saturated heterocycles. The van der Waals surface area contributed by atoms with Crippen LogP contribution in [0.1, 0.15) is 65.6 Å². The fourth-order valence-electron chi connectivity index (χ4n) is 5.82. The number of ketones is 2. The van der Waals surface area contributed by atoms with E-state index in [4.69, 9.17) is 6.85 Å². The summed E-state index contributed by atoms with van der Waals surface area (Å²) < 4.78 is 41.8. The highest BCUT2D eigenvalue weighted by Gasteiger charge is 2.61. The van der Waals surface area contributed by atoms with Gasteiger partial charge in [0.05, 0.1) is 7.47 Å².